The van der Waals surface area contributed by atoms with Crippen LogP contribution in [0.3, 0.4) is 0 Å². The summed E-state index contributed by atoms with van der Waals surface area (Å²) in [6.45, 7) is 5.17. The lowest BCUT2D eigenvalue weighted by atomic mass is 10.00. The molecule has 27 heavy (non-hydrogen) atoms. The fourth-order valence-electron chi connectivity index (χ4n) is 3.87. The van der Waals surface area contributed by atoms with E-state index < -0.39 is 6.10 Å². The Kier molecular flexibility index (Phi) is 5.74. The van der Waals surface area contributed by atoms with Crippen LogP contribution in [0.15, 0.2) is 48.5 Å². The topological polar surface area (TPSA) is 56.2 Å². The summed E-state index contributed by atoms with van der Waals surface area (Å²) in [5.74, 6) is 0.783. The molecule has 1 atom stereocenters. The molecule has 0 spiro atoms. The van der Waals surface area contributed by atoms with Crippen molar-refractivity contribution in [3.05, 3.63) is 65.2 Å². The Hall–Kier alpha value is -1.92. The molecule has 2 aromatic rings. The standard InChI is InChI=1S/C22H28N2O3/c25-20-13-24(14-20)11-17-5-7-22(8-6-17)27-16-21(26)15-23-10-9-18-3-1-2-4-19(18)12-23/h1-8,20-21,25-26H,9-16H2/t21-/m0/s1. The number of fused-ring (bicyclic) bond motifs is 1. The zero-order valence-corrected chi connectivity index (χ0v) is 15.6. The molecule has 0 amide bonds. The maximum Gasteiger partial charge on any atom is 0.119 e. The van der Waals surface area contributed by atoms with Gasteiger partial charge in [-0.3, -0.25) is 9.80 Å². The molecule has 0 aromatic heterocycles. The normalized spacial score (nSPS) is 19.3. The van der Waals surface area contributed by atoms with Gasteiger partial charge in [-0.15, -0.1) is 0 Å². The van der Waals surface area contributed by atoms with Crippen LogP contribution in [0.25, 0.3) is 0 Å². The molecule has 2 heterocycles. The molecule has 2 aliphatic rings. The van der Waals surface area contributed by atoms with Crippen LogP contribution in [0.2, 0.25) is 0 Å². The molecule has 5 heteroatoms. The van der Waals surface area contributed by atoms with Crippen molar-refractivity contribution in [1.82, 2.24) is 9.80 Å². The number of aliphatic hydroxyl groups excluding tert-OH is 2. The first-order valence-electron chi connectivity index (χ1n) is 9.75. The van der Waals surface area contributed by atoms with Crippen LogP contribution in [0.4, 0.5) is 0 Å². The van der Waals surface area contributed by atoms with Crippen molar-refractivity contribution >= 4 is 0 Å². The quantitative estimate of drug-likeness (QED) is 0.779. The third kappa shape index (κ3) is 4.87. The van der Waals surface area contributed by atoms with E-state index in [2.05, 4.69) is 34.1 Å². The molecule has 2 aliphatic heterocycles. The molecule has 4 rings (SSSR count). The number of aliphatic hydroxyl groups is 2. The highest BCUT2D eigenvalue weighted by Gasteiger charge is 2.23. The monoisotopic (exact) mass is 368 g/mol. The van der Waals surface area contributed by atoms with Gasteiger partial charge in [-0.25, -0.2) is 0 Å². The summed E-state index contributed by atoms with van der Waals surface area (Å²) in [5.41, 5.74) is 4.00. The van der Waals surface area contributed by atoms with E-state index >= 15 is 0 Å². The predicted octanol–water partition coefficient (Wildman–Crippen LogP) is 1.66. The Balaban J connectivity index is 1.21. The maximum atomic E-state index is 10.4. The number of benzene rings is 2. The van der Waals surface area contributed by atoms with Crippen LogP contribution in [0, 0.1) is 0 Å². The van der Waals surface area contributed by atoms with E-state index in [1.807, 2.05) is 24.3 Å². The van der Waals surface area contributed by atoms with Crippen molar-refractivity contribution < 1.29 is 14.9 Å². The second-order valence-corrected chi connectivity index (χ2v) is 7.71. The van der Waals surface area contributed by atoms with Crippen molar-refractivity contribution in [2.45, 2.75) is 31.7 Å². The molecule has 0 radical (unpaired) electrons. The van der Waals surface area contributed by atoms with E-state index in [-0.39, 0.29) is 6.10 Å². The van der Waals surface area contributed by atoms with E-state index in [1.165, 1.54) is 16.7 Å². The molecule has 5 nitrogen and oxygen atoms in total. The smallest absolute Gasteiger partial charge is 0.119 e. The lowest BCUT2D eigenvalue weighted by Crippen LogP contribution is -2.49. The average Bonchev–Trinajstić information content (AvgIpc) is 2.66. The minimum atomic E-state index is -0.502. The predicted molar refractivity (Wildman–Crippen MR) is 105 cm³/mol. The summed E-state index contributed by atoms with van der Waals surface area (Å²) < 4.78 is 5.77. The molecular formula is C22H28N2O3. The first kappa shape index (κ1) is 18.4. The van der Waals surface area contributed by atoms with Crippen molar-refractivity contribution in [3.63, 3.8) is 0 Å². The minimum absolute atomic E-state index is 0.164. The van der Waals surface area contributed by atoms with Crippen LogP contribution in [-0.2, 0) is 19.5 Å². The summed E-state index contributed by atoms with van der Waals surface area (Å²) in [6.07, 6.45) is 0.374. The number of rotatable bonds is 7. The number of hydrogen-bond acceptors (Lipinski definition) is 5. The number of nitrogens with zero attached hydrogens (tertiary/aromatic N) is 2. The lowest BCUT2D eigenvalue weighted by molar-refractivity contribution is -0.00287. The number of β-amino-alcohol motifs (C(OH)–C–C–N with tert-alkyl or cyclic N) is 2. The fourth-order valence-corrected chi connectivity index (χ4v) is 3.87. The van der Waals surface area contributed by atoms with E-state index in [4.69, 9.17) is 4.74 Å². The Morgan fingerprint density at radius 1 is 1.00 bits per heavy atom. The molecule has 0 bridgehead atoms. The molecule has 1 saturated heterocycles. The molecule has 144 valence electrons. The average molecular weight is 368 g/mol. The van der Waals surface area contributed by atoms with Gasteiger partial charge in [0, 0.05) is 39.3 Å². The van der Waals surface area contributed by atoms with Gasteiger partial charge in [0.25, 0.3) is 0 Å². The van der Waals surface area contributed by atoms with Gasteiger partial charge in [-0.2, -0.15) is 0 Å². The molecule has 2 N–H and O–H groups in total. The van der Waals surface area contributed by atoms with Crippen LogP contribution in [-0.4, -0.2) is 65.0 Å². The molecule has 2 aromatic carbocycles. The summed E-state index contributed by atoms with van der Waals surface area (Å²) in [5, 5.41) is 19.7. The van der Waals surface area contributed by atoms with Crippen molar-refractivity contribution in [3.8, 4) is 5.75 Å². The lowest BCUT2D eigenvalue weighted by Gasteiger charge is -2.35. The number of hydrogen-bond donors (Lipinski definition) is 2. The summed E-state index contributed by atoms with van der Waals surface area (Å²) in [4.78, 5) is 4.50. The minimum Gasteiger partial charge on any atom is -0.491 e. The van der Waals surface area contributed by atoms with Gasteiger partial charge in [0.05, 0.1) is 6.10 Å². The van der Waals surface area contributed by atoms with Gasteiger partial charge < -0.3 is 14.9 Å². The highest BCUT2D eigenvalue weighted by molar-refractivity contribution is 5.29. The highest BCUT2D eigenvalue weighted by Crippen LogP contribution is 2.19. The zero-order chi connectivity index (χ0) is 18.6. The largest absolute Gasteiger partial charge is 0.491 e. The zero-order valence-electron chi connectivity index (χ0n) is 15.6. The van der Waals surface area contributed by atoms with E-state index in [0.29, 0.717) is 13.2 Å². The summed E-state index contributed by atoms with van der Waals surface area (Å²) >= 11 is 0. The van der Waals surface area contributed by atoms with Crippen LogP contribution < -0.4 is 4.74 Å². The molecule has 1 fully saturated rings. The Morgan fingerprint density at radius 3 is 2.48 bits per heavy atom. The van der Waals surface area contributed by atoms with Crippen LogP contribution in [0.5, 0.6) is 5.75 Å². The van der Waals surface area contributed by atoms with Crippen LogP contribution in [0.1, 0.15) is 16.7 Å². The SMILES string of the molecule is OC1CN(Cc2ccc(OC[C@@H](O)CN3CCc4ccccc4C3)cc2)C1. The summed E-state index contributed by atoms with van der Waals surface area (Å²) in [6, 6.07) is 16.5. The van der Waals surface area contributed by atoms with E-state index in [1.54, 1.807) is 0 Å². The van der Waals surface area contributed by atoms with Gasteiger partial charge in [-0.05, 0) is 35.2 Å². The van der Waals surface area contributed by atoms with Crippen molar-refractivity contribution in [2.75, 3.05) is 32.8 Å². The summed E-state index contributed by atoms with van der Waals surface area (Å²) in [7, 11) is 0. The maximum absolute atomic E-state index is 10.4. The van der Waals surface area contributed by atoms with Gasteiger partial charge >= 0.3 is 0 Å². The number of likely N-dealkylation sites (tertiary alicyclic amines) is 1. The number of ether oxygens (including phenoxy) is 1. The van der Waals surface area contributed by atoms with E-state index in [0.717, 1.165) is 44.9 Å². The van der Waals surface area contributed by atoms with Crippen LogP contribution >= 0.6 is 0 Å². The first-order chi connectivity index (χ1) is 13.2. The second kappa shape index (κ2) is 8.40. The third-order valence-corrected chi connectivity index (χ3v) is 5.39. The van der Waals surface area contributed by atoms with E-state index in [9.17, 15) is 10.2 Å². The molecule has 0 unspecified atom stereocenters. The van der Waals surface area contributed by atoms with Gasteiger partial charge in [0.1, 0.15) is 18.5 Å². The van der Waals surface area contributed by atoms with Crippen molar-refractivity contribution in [2.24, 2.45) is 0 Å². The highest BCUT2D eigenvalue weighted by atomic mass is 16.5. The van der Waals surface area contributed by atoms with Gasteiger partial charge in [0.15, 0.2) is 0 Å². The second-order valence-electron chi connectivity index (χ2n) is 7.71. The Morgan fingerprint density at radius 2 is 1.74 bits per heavy atom. The molecular weight excluding hydrogens is 340 g/mol. The van der Waals surface area contributed by atoms with Gasteiger partial charge in [-0.1, -0.05) is 36.4 Å². The van der Waals surface area contributed by atoms with Crippen molar-refractivity contribution in [1.29, 1.82) is 0 Å². The first-order valence-corrected chi connectivity index (χ1v) is 9.75. The molecule has 0 saturated carbocycles. The third-order valence-electron chi connectivity index (χ3n) is 5.39. The fraction of sp³-hybridized carbons (Fsp3) is 0.455. The molecule has 0 aliphatic carbocycles. The van der Waals surface area contributed by atoms with Gasteiger partial charge in [0.2, 0.25) is 0 Å². The Labute approximate surface area is 160 Å². The Bertz CT molecular complexity index is 743.